The monoisotopic (exact) mass is 290 g/mol. The molecular weight excluding hydrogens is 276 g/mol. The van der Waals surface area contributed by atoms with E-state index in [1.54, 1.807) is 0 Å². The van der Waals surface area contributed by atoms with Gasteiger partial charge in [-0.1, -0.05) is 0 Å². The highest BCUT2D eigenvalue weighted by Gasteiger charge is 2.43. The van der Waals surface area contributed by atoms with E-state index in [9.17, 15) is 20.2 Å². The number of non-ortho nitro benzene ring substituents is 1. The summed E-state index contributed by atoms with van der Waals surface area (Å²) in [6.07, 6.45) is 4.41. The Morgan fingerprint density at radius 1 is 1.24 bits per heavy atom. The van der Waals surface area contributed by atoms with E-state index < -0.39 is 9.85 Å². The fraction of sp³-hybridized carbons (Fsp3) is 0.462. The van der Waals surface area contributed by atoms with Gasteiger partial charge in [-0.05, 0) is 37.7 Å². The lowest BCUT2D eigenvalue weighted by atomic mass is 9.99. The number of hydrogen-bond donors (Lipinski definition) is 1. The summed E-state index contributed by atoms with van der Waals surface area (Å²) in [5, 5.41) is 26.0. The van der Waals surface area contributed by atoms with E-state index in [0.717, 1.165) is 37.0 Å². The van der Waals surface area contributed by atoms with Crippen molar-refractivity contribution in [3.63, 3.8) is 0 Å². The molecular formula is C13H14N4O4. The van der Waals surface area contributed by atoms with Crippen molar-refractivity contribution in [1.82, 2.24) is 0 Å². The molecule has 2 atom stereocenters. The number of nitrogens with zero attached hydrogens (tertiary/aromatic N) is 3. The standard InChI is InChI=1S/C13H14N4O4/c18-16(19)9-4-5-12(13(7-9)17(20)21)15-14-11-3-1-2-8-6-10(8)11/h4-5,7-8,10,15H,1-3,6H2/b14-11-. The molecule has 0 aromatic heterocycles. The van der Waals surface area contributed by atoms with Crippen LogP contribution in [0.5, 0.6) is 0 Å². The number of hydrazone groups is 1. The summed E-state index contributed by atoms with van der Waals surface area (Å²) in [4.78, 5) is 20.4. The maximum atomic E-state index is 11.0. The van der Waals surface area contributed by atoms with E-state index in [4.69, 9.17) is 0 Å². The van der Waals surface area contributed by atoms with Crippen LogP contribution >= 0.6 is 0 Å². The number of hydrogen-bond acceptors (Lipinski definition) is 6. The molecule has 2 saturated carbocycles. The Balaban J connectivity index is 1.83. The zero-order chi connectivity index (χ0) is 15.0. The summed E-state index contributed by atoms with van der Waals surface area (Å²) in [6.45, 7) is 0. The van der Waals surface area contributed by atoms with Crippen LogP contribution in [0.1, 0.15) is 25.7 Å². The van der Waals surface area contributed by atoms with Crippen LogP contribution in [-0.4, -0.2) is 15.6 Å². The van der Waals surface area contributed by atoms with Gasteiger partial charge in [0.05, 0.1) is 15.9 Å². The van der Waals surface area contributed by atoms with Gasteiger partial charge in [0.15, 0.2) is 0 Å². The molecule has 21 heavy (non-hydrogen) atoms. The summed E-state index contributed by atoms with van der Waals surface area (Å²) >= 11 is 0. The van der Waals surface area contributed by atoms with Gasteiger partial charge in [0.1, 0.15) is 5.69 Å². The molecule has 1 N–H and O–H groups in total. The minimum Gasteiger partial charge on any atom is -0.272 e. The van der Waals surface area contributed by atoms with Crippen LogP contribution in [0.2, 0.25) is 0 Å². The molecule has 0 saturated heterocycles. The smallest absolute Gasteiger partial charge is 0.272 e. The fourth-order valence-corrected chi connectivity index (χ4v) is 2.86. The Hall–Kier alpha value is -2.51. The zero-order valence-electron chi connectivity index (χ0n) is 11.2. The van der Waals surface area contributed by atoms with Crippen molar-refractivity contribution in [2.75, 3.05) is 5.43 Å². The van der Waals surface area contributed by atoms with Gasteiger partial charge in [-0.2, -0.15) is 5.10 Å². The number of nitro groups is 2. The molecule has 0 aliphatic heterocycles. The first kappa shape index (κ1) is 13.5. The van der Waals surface area contributed by atoms with E-state index in [2.05, 4.69) is 10.5 Å². The molecule has 8 nitrogen and oxygen atoms in total. The number of rotatable bonds is 4. The largest absolute Gasteiger partial charge is 0.301 e. The number of fused-ring (bicyclic) bond motifs is 1. The molecule has 2 fully saturated rings. The van der Waals surface area contributed by atoms with Crippen LogP contribution in [-0.2, 0) is 0 Å². The first-order valence-electron chi connectivity index (χ1n) is 6.81. The predicted octanol–water partition coefficient (Wildman–Crippen LogP) is 3.09. The fourth-order valence-electron chi connectivity index (χ4n) is 2.86. The van der Waals surface area contributed by atoms with Gasteiger partial charge in [0.2, 0.25) is 0 Å². The van der Waals surface area contributed by atoms with Crippen LogP contribution in [0, 0.1) is 32.1 Å². The second-order valence-electron chi connectivity index (χ2n) is 5.43. The molecule has 2 aliphatic rings. The Kier molecular flexibility index (Phi) is 3.28. The maximum absolute atomic E-state index is 11.0. The lowest BCUT2D eigenvalue weighted by molar-refractivity contribution is -0.393. The van der Waals surface area contributed by atoms with Gasteiger partial charge in [-0.25, -0.2) is 0 Å². The van der Waals surface area contributed by atoms with Gasteiger partial charge in [-0.3, -0.25) is 25.7 Å². The van der Waals surface area contributed by atoms with Crippen molar-refractivity contribution < 1.29 is 9.85 Å². The SMILES string of the molecule is O=[N+]([O-])c1ccc(N/N=C2/CCCC3CC23)c([N+](=O)[O-])c1. The summed E-state index contributed by atoms with van der Waals surface area (Å²) in [7, 11) is 0. The molecule has 110 valence electrons. The number of nitrogens with one attached hydrogen (secondary N) is 1. The summed E-state index contributed by atoms with van der Waals surface area (Å²) in [6, 6.07) is 3.51. The van der Waals surface area contributed by atoms with Gasteiger partial charge in [-0.15, -0.1) is 0 Å². The summed E-state index contributed by atoms with van der Waals surface area (Å²) < 4.78 is 0. The molecule has 0 radical (unpaired) electrons. The van der Waals surface area contributed by atoms with Crippen LogP contribution in [0.25, 0.3) is 0 Å². The average Bonchev–Trinajstić information content (AvgIpc) is 3.24. The normalized spacial score (nSPS) is 25.2. The lowest BCUT2D eigenvalue weighted by Gasteiger charge is -2.12. The molecule has 0 bridgehead atoms. The van der Waals surface area contributed by atoms with Crippen LogP contribution < -0.4 is 5.43 Å². The molecule has 3 rings (SSSR count). The minimum atomic E-state index is -0.654. The molecule has 0 amide bonds. The number of anilines is 1. The van der Waals surface area contributed by atoms with Gasteiger partial charge < -0.3 is 0 Å². The highest BCUT2D eigenvalue weighted by Crippen LogP contribution is 2.47. The Labute approximate surface area is 120 Å². The molecule has 1 aromatic carbocycles. The Bertz CT molecular complexity index is 643. The minimum absolute atomic E-state index is 0.181. The molecule has 8 heteroatoms. The highest BCUT2D eigenvalue weighted by atomic mass is 16.6. The number of benzene rings is 1. The first-order valence-corrected chi connectivity index (χ1v) is 6.81. The lowest BCUT2D eigenvalue weighted by Crippen LogP contribution is -2.11. The Morgan fingerprint density at radius 2 is 2.05 bits per heavy atom. The third-order valence-electron chi connectivity index (χ3n) is 4.07. The molecule has 1 aromatic rings. The first-order chi connectivity index (χ1) is 10.1. The van der Waals surface area contributed by atoms with Crippen molar-refractivity contribution >= 4 is 22.8 Å². The van der Waals surface area contributed by atoms with E-state index >= 15 is 0 Å². The van der Waals surface area contributed by atoms with E-state index in [-0.39, 0.29) is 17.1 Å². The topological polar surface area (TPSA) is 111 Å². The van der Waals surface area contributed by atoms with Crippen LogP contribution in [0.4, 0.5) is 17.1 Å². The summed E-state index contributed by atoms with van der Waals surface area (Å²) in [5.74, 6) is 1.24. The molecule has 0 heterocycles. The van der Waals surface area contributed by atoms with Gasteiger partial charge >= 0.3 is 5.69 Å². The second kappa shape index (κ2) is 5.12. The molecule has 2 unspecified atom stereocenters. The maximum Gasteiger partial charge on any atom is 0.301 e. The van der Waals surface area contributed by atoms with Crippen LogP contribution in [0.15, 0.2) is 23.3 Å². The van der Waals surface area contributed by atoms with E-state index in [0.29, 0.717) is 5.92 Å². The van der Waals surface area contributed by atoms with Crippen molar-refractivity contribution in [1.29, 1.82) is 0 Å². The van der Waals surface area contributed by atoms with Crippen molar-refractivity contribution in [2.45, 2.75) is 25.7 Å². The second-order valence-corrected chi connectivity index (χ2v) is 5.43. The van der Waals surface area contributed by atoms with Crippen LogP contribution in [0.3, 0.4) is 0 Å². The average molecular weight is 290 g/mol. The van der Waals surface area contributed by atoms with E-state index in [1.165, 1.54) is 18.6 Å². The third kappa shape index (κ3) is 2.69. The molecule has 2 aliphatic carbocycles. The van der Waals surface area contributed by atoms with Gasteiger partial charge in [0, 0.05) is 17.7 Å². The predicted molar refractivity (Wildman–Crippen MR) is 76.3 cm³/mol. The quantitative estimate of drug-likeness (QED) is 0.676. The Morgan fingerprint density at radius 3 is 2.76 bits per heavy atom. The highest BCUT2D eigenvalue weighted by molar-refractivity contribution is 5.90. The molecule has 0 spiro atoms. The zero-order valence-corrected chi connectivity index (χ0v) is 11.2. The number of nitro benzene ring substituents is 2. The van der Waals surface area contributed by atoms with E-state index in [1.807, 2.05) is 0 Å². The van der Waals surface area contributed by atoms with Crippen molar-refractivity contribution in [2.24, 2.45) is 16.9 Å². The van der Waals surface area contributed by atoms with Gasteiger partial charge in [0.25, 0.3) is 5.69 Å². The third-order valence-corrected chi connectivity index (χ3v) is 4.07. The summed E-state index contributed by atoms with van der Waals surface area (Å²) in [5.41, 5.74) is 3.31. The van der Waals surface area contributed by atoms with Crippen molar-refractivity contribution in [3.8, 4) is 0 Å². The van der Waals surface area contributed by atoms with Crippen molar-refractivity contribution in [3.05, 3.63) is 38.4 Å².